The van der Waals surface area contributed by atoms with Gasteiger partial charge in [0.25, 0.3) is 0 Å². The number of methoxy groups -OCH3 is 2. The highest BCUT2D eigenvalue weighted by atomic mass is 35.5. The molecule has 6 rings (SSSR count). The van der Waals surface area contributed by atoms with Crippen LogP contribution in [0.2, 0.25) is 5.02 Å². The zero-order valence-corrected chi connectivity index (χ0v) is 20.8. The average molecular weight is 482 g/mol. The van der Waals surface area contributed by atoms with Crippen LogP contribution in [-0.2, 0) is 19.4 Å². The molecule has 0 radical (unpaired) electrons. The van der Waals surface area contributed by atoms with Crippen LogP contribution < -0.4 is 9.47 Å². The van der Waals surface area contributed by atoms with E-state index >= 15 is 0 Å². The van der Waals surface area contributed by atoms with Crippen molar-refractivity contribution in [3.05, 3.63) is 117 Å². The van der Waals surface area contributed by atoms with Gasteiger partial charge in [0.15, 0.2) is 11.5 Å². The molecule has 0 bridgehead atoms. The summed E-state index contributed by atoms with van der Waals surface area (Å²) < 4.78 is 11.3. The number of fused-ring (bicyclic) bond motifs is 4. The molecule has 0 spiro atoms. The van der Waals surface area contributed by atoms with Gasteiger partial charge in [-0.15, -0.1) is 0 Å². The zero-order chi connectivity index (χ0) is 23.9. The highest BCUT2D eigenvalue weighted by Crippen LogP contribution is 2.43. The smallest absolute Gasteiger partial charge is 0.161 e. The molecule has 35 heavy (non-hydrogen) atoms. The predicted octanol–water partition coefficient (Wildman–Crippen LogP) is 7.08. The number of rotatable bonds is 5. The summed E-state index contributed by atoms with van der Waals surface area (Å²) in [5, 5.41) is 0.755. The van der Waals surface area contributed by atoms with Crippen molar-refractivity contribution in [2.75, 3.05) is 20.8 Å². The highest BCUT2D eigenvalue weighted by Gasteiger charge is 2.31. The van der Waals surface area contributed by atoms with Gasteiger partial charge in [0.2, 0.25) is 0 Å². The molecule has 0 saturated heterocycles. The summed E-state index contributed by atoms with van der Waals surface area (Å²) in [7, 11) is 3.39. The molecule has 0 N–H and O–H groups in total. The summed E-state index contributed by atoms with van der Waals surface area (Å²) in [6, 6.07) is 28.3. The molecular formula is C31H28ClNO2. The average Bonchev–Trinajstić information content (AvgIpc) is 3.25. The molecule has 4 heteroatoms. The second-order valence-electron chi connectivity index (χ2n) is 9.41. The van der Waals surface area contributed by atoms with E-state index in [0.717, 1.165) is 42.5 Å². The molecule has 1 aliphatic carbocycles. The van der Waals surface area contributed by atoms with Crippen LogP contribution >= 0.6 is 11.6 Å². The van der Waals surface area contributed by atoms with Gasteiger partial charge in [0.1, 0.15) is 0 Å². The van der Waals surface area contributed by atoms with E-state index in [0.29, 0.717) is 0 Å². The summed E-state index contributed by atoms with van der Waals surface area (Å²) in [5.74, 6) is 1.54. The summed E-state index contributed by atoms with van der Waals surface area (Å²) in [5.41, 5.74) is 10.7. The first-order valence-corrected chi connectivity index (χ1v) is 12.5. The lowest BCUT2D eigenvalue weighted by Gasteiger charge is -2.38. The van der Waals surface area contributed by atoms with Crippen LogP contribution in [0.4, 0.5) is 0 Å². The van der Waals surface area contributed by atoms with Crippen molar-refractivity contribution in [1.82, 2.24) is 4.90 Å². The zero-order valence-electron chi connectivity index (χ0n) is 20.1. The Balaban J connectivity index is 1.38. The number of hydrogen-bond donors (Lipinski definition) is 0. The van der Waals surface area contributed by atoms with Crippen LogP contribution in [-0.4, -0.2) is 25.7 Å². The third-order valence-corrected chi connectivity index (χ3v) is 7.62. The molecule has 1 atom stereocenters. The topological polar surface area (TPSA) is 21.7 Å². The van der Waals surface area contributed by atoms with Crippen molar-refractivity contribution in [2.24, 2.45) is 0 Å². The first-order chi connectivity index (χ1) is 17.1. The van der Waals surface area contributed by atoms with Crippen molar-refractivity contribution in [3.8, 4) is 22.6 Å². The molecule has 0 saturated carbocycles. The minimum atomic E-state index is 0.0858. The Labute approximate surface area is 211 Å². The summed E-state index contributed by atoms with van der Waals surface area (Å²) in [4.78, 5) is 2.56. The van der Waals surface area contributed by atoms with Gasteiger partial charge in [-0.1, -0.05) is 66.2 Å². The van der Waals surface area contributed by atoms with Crippen molar-refractivity contribution in [3.63, 3.8) is 0 Å². The number of nitrogens with zero attached hydrogens (tertiary/aromatic N) is 1. The lowest BCUT2D eigenvalue weighted by Crippen LogP contribution is -2.35. The van der Waals surface area contributed by atoms with Crippen molar-refractivity contribution >= 4 is 11.6 Å². The van der Waals surface area contributed by atoms with Crippen LogP contribution in [0.1, 0.15) is 39.4 Å². The first kappa shape index (κ1) is 22.2. The summed E-state index contributed by atoms with van der Waals surface area (Å²) in [6.45, 7) is 1.82. The number of ether oxygens (including phenoxy) is 2. The quantitative estimate of drug-likeness (QED) is 0.268. The van der Waals surface area contributed by atoms with E-state index in [9.17, 15) is 0 Å². The van der Waals surface area contributed by atoms with Crippen LogP contribution in [0.5, 0.6) is 11.5 Å². The van der Waals surface area contributed by atoms with E-state index in [1.165, 1.54) is 44.5 Å². The van der Waals surface area contributed by atoms with Gasteiger partial charge < -0.3 is 9.47 Å². The van der Waals surface area contributed by atoms with Gasteiger partial charge in [0.05, 0.1) is 20.3 Å². The molecule has 1 heterocycles. The number of halogens is 1. The molecule has 1 aliphatic heterocycles. The minimum absolute atomic E-state index is 0.0858. The highest BCUT2D eigenvalue weighted by molar-refractivity contribution is 6.30. The van der Waals surface area contributed by atoms with E-state index in [1.807, 2.05) is 12.1 Å². The molecule has 0 unspecified atom stereocenters. The SMILES string of the molecule is COc1cc2c(cc1OC)[C@H](c1cccc(Cl)c1)N(Cc1ccc3c(c1)Cc1ccccc1-3)CC2. The standard InChI is InChI=1S/C31H28ClNO2/c1-34-29-17-22-12-13-33(31(28(22)18-30(29)35-2)23-7-5-8-25(32)16-23)19-20-10-11-27-24(14-20)15-21-6-3-4-9-26(21)27/h3-11,14,16-18,31H,12-13,15,19H2,1-2H3/t31-/m0/s1. The molecular weight excluding hydrogens is 454 g/mol. The monoisotopic (exact) mass is 481 g/mol. The van der Waals surface area contributed by atoms with E-state index in [-0.39, 0.29) is 6.04 Å². The molecule has 3 nitrogen and oxygen atoms in total. The number of hydrogen-bond acceptors (Lipinski definition) is 3. The Kier molecular flexibility index (Phi) is 5.75. The van der Waals surface area contributed by atoms with Gasteiger partial charge in [-0.3, -0.25) is 4.90 Å². The van der Waals surface area contributed by atoms with E-state index in [4.69, 9.17) is 21.1 Å². The van der Waals surface area contributed by atoms with Gasteiger partial charge in [-0.25, -0.2) is 0 Å². The van der Waals surface area contributed by atoms with Crippen LogP contribution in [0.25, 0.3) is 11.1 Å². The van der Waals surface area contributed by atoms with Crippen molar-refractivity contribution in [2.45, 2.75) is 25.4 Å². The fourth-order valence-corrected chi connectivity index (χ4v) is 5.97. The molecule has 2 aliphatic rings. The number of benzene rings is 4. The molecule has 176 valence electrons. The maximum atomic E-state index is 6.45. The van der Waals surface area contributed by atoms with Crippen LogP contribution in [0, 0.1) is 0 Å². The Morgan fingerprint density at radius 2 is 1.60 bits per heavy atom. The van der Waals surface area contributed by atoms with Gasteiger partial charge in [-0.2, -0.15) is 0 Å². The normalized spacial score (nSPS) is 16.4. The molecule has 4 aromatic carbocycles. The maximum absolute atomic E-state index is 6.45. The molecule has 0 amide bonds. The van der Waals surface area contributed by atoms with E-state index < -0.39 is 0 Å². The first-order valence-electron chi connectivity index (χ1n) is 12.1. The largest absolute Gasteiger partial charge is 0.493 e. The van der Waals surface area contributed by atoms with Gasteiger partial charge in [0, 0.05) is 18.1 Å². The van der Waals surface area contributed by atoms with Crippen LogP contribution in [0.15, 0.2) is 78.9 Å². The van der Waals surface area contributed by atoms with Crippen LogP contribution in [0.3, 0.4) is 0 Å². The van der Waals surface area contributed by atoms with Crippen molar-refractivity contribution in [1.29, 1.82) is 0 Å². The second kappa shape index (κ2) is 9.07. The molecule has 0 aromatic heterocycles. The fourth-order valence-electron chi connectivity index (χ4n) is 5.77. The Morgan fingerprint density at radius 1 is 0.800 bits per heavy atom. The molecule has 4 aromatic rings. The fraction of sp³-hybridized carbons (Fsp3) is 0.226. The Bertz CT molecular complexity index is 1410. The maximum Gasteiger partial charge on any atom is 0.161 e. The van der Waals surface area contributed by atoms with E-state index in [1.54, 1.807) is 14.2 Å². The lowest BCUT2D eigenvalue weighted by molar-refractivity contribution is 0.203. The third-order valence-electron chi connectivity index (χ3n) is 7.38. The third kappa shape index (κ3) is 3.99. The Morgan fingerprint density at radius 3 is 2.43 bits per heavy atom. The van der Waals surface area contributed by atoms with E-state index in [2.05, 4.69) is 71.6 Å². The molecule has 0 fully saturated rings. The van der Waals surface area contributed by atoms with Gasteiger partial charge >= 0.3 is 0 Å². The Hall–Kier alpha value is -3.27. The van der Waals surface area contributed by atoms with Crippen molar-refractivity contribution < 1.29 is 9.47 Å². The lowest BCUT2D eigenvalue weighted by atomic mass is 9.87. The summed E-state index contributed by atoms with van der Waals surface area (Å²) >= 11 is 6.45. The predicted molar refractivity (Wildman–Crippen MR) is 142 cm³/mol. The summed E-state index contributed by atoms with van der Waals surface area (Å²) in [6.07, 6.45) is 1.97. The minimum Gasteiger partial charge on any atom is -0.493 e. The van der Waals surface area contributed by atoms with Gasteiger partial charge in [-0.05, 0) is 81.6 Å². The second-order valence-corrected chi connectivity index (χ2v) is 9.85.